The second-order valence-electron chi connectivity index (χ2n) is 3.40. The Balaban J connectivity index is 2.27. The number of aromatic nitrogens is 3. The molecule has 0 amide bonds. The highest BCUT2D eigenvalue weighted by Gasteiger charge is 2.11. The van der Waals surface area contributed by atoms with Gasteiger partial charge in [-0.25, -0.2) is 9.97 Å². The fraction of sp³-hybridized carbons (Fsp3) is 0.300. The Morgan fingerprint density at radius 3 is 2.94 bits per heavy atom. The van der Waals surface area contributed by atoms with Crippen LogP contribution >= 0.6 is 23.3 Å². The van der Waals surface area contributed by atoms with E-state index in [1.807, 2.05) is 26.0 Å². The Kier molecular flexibility index (Phi) is 3.52. The standard InChI is InChI=1S/C10H12N4S2/c1-6(11)8-4-3-5-12-9(8)15-10-13-7(2)14-16-10/h3-6H,11H2,1-2H3/t6-/m1/s1. The van der Waals surface area contributed by atoms with Crippen LogP contribution in [0.1, 0.15) is 24.4 Å². The number of nitrogens with zero attached hydrogens (tertiary/aromatic N) is 3. The van der Waals surface area contributed by atoms with E-state index in [2.05, 4.69) is 14.3 Å². The number of hydrogen-bond donors (Lipinski definition) is 1. The molecule has 2 rings (SSSR count). The lowest BCUT2D eigenvalue weighted by Crippen LogP contribution is -2.06. The van der Waals surface area contributed by atoms with Crippen molar-refractivity contribution in [1.29, 1.82) is 0 Å². The molecule has 0 aliphatic rings. The minimum atomic E-state index is -0.0229. The number of hydrogen-bond acceptors (Lipinski definition) is 6. The van der Waals surface area contributed by atoms with Crippen molar-refractivity contribution in [2.24, 2.45) is 5.73 Å². The van der Waals surface area contributed by atoms with E-state index in [4.69, 9.17) is 5.73 Å². The predicted octanol–water partition coefficient (Wildman–Crippen LogP) is 2.41. The van der Waals surface area contributed by atoms with Gasteiger partial charge in [0.15, 0.2) is 4.34 Å². The minimum absolute atomic E-state index is 0.0229. The van der Waals surface area contributed by atoms with Crippen molar-refractivity contribution in [3.05, 3.63) is 29.7 Å². The van der Waals surface area contributed by atoms with Crippen molar-refractivity contribution in [3.63, 3.8) is 0 Å². The Morgan fingerprint density at radius 2 is 2.31 bits per heavy atom. The van der Waals surface area contributed by atoms with Gasteiger partial charge in [-0.3, -0.25) is 0 Å². The fourth-order valence-corrected chi connectivity index (χ4v) is 2.99. The Hall–Kier alpha value is -0.980. The molecule has 2 aromatic heterocycles. The number of rotatable bonds is 3. The van der Waals surface area contributed by atoms with Gasteiger partial charge >= 0.3 is 0 Å². The Morgan fingerprint density at radius 1 is 1.50 bits per heavy atom. The van der Waals surface area contributed by atoms with Gasteiger partial charge in [0, 0.05) is 17.8 Å². The van der Waals surface area contributed by atoms with E-state index in [1.54, 1.807) is 6.20 Å². The summed E-state index contributed by atoms with van der Waals surface area (Å²) < 4.78 is 5.04. The van der Waals surface area contributed by atoms with Gasteiger partial charge in [-0.2, -0.15) is 4.37 Å². The first-order valence-corrected chi connectivity index (χ1v) is 6.44. The van der Waals surface area contributed by atoms with Gasteiger partial charge in [-0.15, -0.1) is 0 Å². The summed E-state index contributed by atoms with van der Waals surface area (Å²) in [4.78, 5) is 8.62. The summed E-state index contributed by atoms with van der Waals surface area (Å²) in [6, 6.07) is 3.87. The van der Waals surface area contributed by atoms with Crippen LogP contribution < -0.4 is 5.73 Å². The average molecular weight is 252 g/mol. The SMILES string of the molecule is Cc1nsc(Sc2ncccc2[C@@H](C)N)n1. The van der Waals surface area contributed by atoms with Crippen molar-refractivity contribution in [3.8, 4) is 0 Å². The van der Waals surface area contributed by atoms with Gasteiger partial charge in [-0.05, 0) is 43.2 Å². The molecule has 0 fully saturated rings. The summed E-state index contributed by atoms with van der Waals surface area (Å²) in [5, 5.41) is 0.911. The topological polar surface area (TPSA) is 64.7 Å². The van der Waals surface area contributed by atoms with Crippen LogP contribution in [0.5, 0.6) is 0 Å². The zero-order chi connectivity index (χ0) is 11.5. The van der Waals surface area contributed by atoms with Gasteiger partial charge in [0.25, 0.3) is 0 Å². The molecule has 0 radical (unpaired) electrons. The molecule has 1 atom stereocenters. The minimum Gasteiger partial charge on any atom is -0.324 e. The monoisotopic (exact) mass is 252 g/mol. The summed E-state index contributed by atoms with van der Waals surface area (Å²) >= 11 is 2.90. The third-order valence-corrected chi connectivity index (χ3v) is 3.86. The molecule has 0 saturated heterocycles. The van der Waals surface area contributed by atoms with E-state index in [0.29, 0.717) is 0 Å². The maximum atomic E-state index is 5.89. The number of nitrogens with two attached hydrogens (primary N) is 1. The van der Waals surface area contributed by atoms with Crippen molar-refractivity contribution in [2.75, 3.05) is 0 Å². The van der Waals surface area contributed by atoms with E-state index >= 15 is 0 Å². The first-order valence-electron chi connectivity index (χ1n) is 4.85. The van der Waals surface area contributed by atoms with E-state index < -0.39 is 0 Å². The predicted molar refractivity (Wildman–Crippen MR) is 65.6 cm³/mol. The highest BCUT2D eigenvalue weighted by atomic mass is 32.2. The molecule has 0 aromatic carbocycles. The molecule has 6 heteroatoms. The van der Waals surface area contributed by atoms with Crippen LogP contribution in [0.4, 0.5) is 0 Å². The molecule has 0 aliphatic carbocycles. The fourth-order valence-electron chi connectivity index (χ4n) is 1.24. The second kappa shape index (κ2) is 4.90. The highest BCUT2D eigenvalue weighted by molar-refractivity contribution is 8.00. The van der Waals surface area contributed by atoms with Crippen LogP contribution in [-0.2, 0) is 0 Å². The summed E-state index contributed by atoms with van der Waals surface area (Å²) in [6.07, 6.45) is 1.77. The van der Waals surface area contributed by atoms with E-state index in [-0.39, 0.29) is 6.04 Å². The first-order chi connectivity index (χ1) is 7.66. The van der Waals surface area contributed by atoms with Gasteiger partial charge < -0.3 is 5.73 Å². The van der Waals surface area contributed by atoms with Crippen molar-refractivity contribution in [2.45, 2.75) is 29.3 Å². The smallest absolute Gasteiger partial charge is 0.176 e. The normalized spacial score (nSPS) is 12.7. The summed E-state index contributed by atoms with van der Waals surface area (Å²) in [5.74, 6) is 0.797. The average Bonchev–Trinajstić information content (AvgIpc) is 2.64. The van der Waals surface area contributed by atoms with Crippen LogP contribution in [-0.4, -0.2) is 14.3 Å². The van der Waals surface area contributed by atoms with E-state index in [9.17, 15) is 0 Å². The van der Waals surface area contributed by atoms with E-state index in [0.717, 1.165) is 20.8 Å². The lowest BCUT2D eigenvalue weighted by molar-refractivity contribution is 0.779. The molecule has 2 aromatic rings. The molecule has 0 unspecified atom stereocenters. The van der Waals surface area contributed by atoms with Crippen LogP contribution in [0.25, 0.3) is 0 Å². The molecule has 84 valence electrons. The maximum absolute atomic E-state index is 5.89. The lowest BCUT2D eigenvalue weighted by Gasteiger charge is -2.08. The van der Waals surface area contributed by atoms with Crippen LogP contribution in [0, 0.1) is 6.92 Å². The summed E-state index contributed by atoms with van der Waals surface area (Å²) in [5.41, 5.74) is 6.93. The molecule has 16 heavy (non-hydrogen) atoms. The van der Waals surface area contributed by atoms with Crippen molar-refractivity contribution in [1.82, 2.24) is 14.3 Å². The molecule has 4 nitrogen and oxygen atoms in total. The van der Waals surface area contributed by atoms with Crippen LogP contribution in [0.3, 0.4) is 0 Å². The molecule has 0 aliphatic heterocycles. The third-order valence-electron chi connectivity index (χ3n) is 1.98. The number of pyridine rings is 1. The first kappa shape index (κ1) is 11.5. The Bertz CT molecular complexity index is 481. The number of aryl methyl sites for hydroxylation is 1. The lowest BCUT2D eigenvalue weighted by atomic mass is 10.2. The largest absolute Gasteiger partial charge is 0.324 e. The maximum Gasteiger partial charge on any atom is 0.176 e. The molecule has 0 spiro atoms. The van der Waals surface area contributed by atoms with Crippen molar-refractivity contribution < 1.29 is 0 Å². The van der Waals surface area contributed by atoms with Gasteiger partial charge in [-0.1, -0.05) is 6.07 Å². The second-order valence-corrected chi connectivity index (χ2v) is 5.38. The quantitative estimate of drug-likeness (QED) is 0.908. The molecule has 2 heterocycles. The summed E-state index contributed by atoms with van der Waals surface area (Å²) in [7, 11) is 0. The highest BCUT2D eigenvalue weighted by Crippen LogP contribution is 2.31. The van der Waals surface area contributed by atoms with Gasteiger partial charge in [0.1, 0.15) is 10.9 Å². The zero-order valence-electron chi connectivity index (χ0n) is 9.04. The van der Waals surface area contributed by atoms with Crippen LogP contribution in [0.15, 0.2) is 27.7 Å². The third kappa shape index (κ3) is 2.58. The molecule has 0 saturated carbocycles. The zero-order valence-corrected chi connectivity index (χ0v) is 10.7. The molecular formula is C10H12N4S2. The van der Waals surface area contributed by atoms with Gasteiger partial charge in [0.05, 0.1) is 0 Å². The van der Waals surface area contributed by atoms with Crippen LogP contribution in [0.2, 0.25) is 0 Å². The molecule has 2 N–H and O–H groups in total. The molecular weight excluding hydrogens is 240 g/mol. The molecule has 0 bridgehead atoms. The summed E-state index contributed by atoms with van der Waals surface area (Å²) in [6.45, 7) is 3.83. The van der Waals surface area contributed by atoms with E-state index in [1.165, 1.54) is 23.3 Å². The Labute approximate surface area is 102 Å². The van der Waals surface area contributed by atoms with Gasteiger partial charge in [0.2, 0.25) is 0 Å². The van der Waals surface area contributed by atoms with Crippen molar-refractivity contribution >= 4 is 23.3 Å².